The molecule has 0 N–H and O–H groups in total. The molecule has 3 heteroatoms. The van der Waals surface area contributed by atoms with Crippen molar-refractivity contribution >= 4 is 17.7 Å². The summed E-state index contributed by atoms with van der Waals surface area (Å²) in [7, 11) is 1.69. The summed E-state index contributed by atoms with van der Waals surface area (Å²) in [6, 6.07) is 6.02. The number of para-hydroxylation sites is 1. The van der Waals surface area contributed by atoms with Crippen LogP contribution in [0.1, 0.15) is 44.6 Å². The Hall–Kier alpha value is -1.15. The number of rotatable bonds is 6. The van der Waals surface area contributed by atoms with Crippen molar-refractivity contribution in [1.82, 2.24) is 0 Å². The third-order valence-corrected chi connectivity index (χ3v) is 4.45. The van der Waals surface area contributed by atoms with E-state index in [4.69, 9.17) is 21.1 Å². The van der Waals surface area contributed by atoms with Gasteiger partial charge < -0.3 is 9.47 Å². The average Bonchev–Trinajstić information content (AvgIpc) is 2.54. The van der Waals surface area contributed by atoms with Gasteiger partial charge in [0.2, 0.25) is 0 Å². The third kappa shape index (κ3) is 4.16. The second-order valence-electron chi connectivity index (χ2n) is 5.50. The zero-order valence-corrected chi connectivity index (χ0v) is 13.8. The zero-order chi connectivity index (χ0) is 15.1. The Labute approximate surface area is 133 Å². The van der Waals surface area contributed by atoms with Gasteiger partial charge in [-0.3, -0.25) is 0 Å². The van der Waals surface area contributed by atoms with E-state index in [1.54, 1.807) is 7.11 Å². The molecular formula is C18H25ClO2. The summed E-state index contributed by atoms with van der Waals surface area (Å²) >= 11 is 6.21. The molecule has 0 aromatic heterocycles. The molecule has 0 radical (unpaired) electrons. The molecule has 0 atom stereocenters. The number of benzene rings is 1. The topological polar surface area (TPSA) is 18.5 Å². The lowest BCUT2D eigenvalue weighted by atomic mass is 9.83. The van der Waals surface area contributed by atoms with Crippen molar-refractivity contribution in [2.24, 2.45) is 5.92 Å². The van der Waals surface area contributed by atoms with Crippen LogP contribution in [0.25, 0.3) is 6.08 Å². The predicted molar refractivity (Wildman–Crippen MR) is 89.4 cm³/mol. The first-order chi connectivity index (χ1) is 10.3. The van der Waals surface area contributed by atoms with Gasteiger partial charge in [-0.25, -0.2) is 0 Å². The normalized spacial score (nSPS) is 16.8. The van der Waals surface area contributed by atoms with Gasteiger partial charge >= 0.3 is 0 Å². The van der Waals surface area contributed by atoms with Gasteiger partial charge in [0.1, 0.15) is 0 Å². The molecule has 0 saturated heterocycles. The van der Waals surface area contributed by atoms with Gasteiger partial charge in [0, 0.05) is 11.4 Å². The first-order valence-electron chi connectivity index (χ1n) is 7.86. The molecule has 116 valence electrons. The maximum absolute atomic E-state index is 6.21. The van der Waals surface area contributed by atoms with Crippen molar-refractivity contribution in [1.29, 1.82) is 0 Å². The molecule has 0 aliphatic heterocycles. The van der Waals surface area contributed by atoms with Crippen molar-refractivity contribution in [2.75, 3.05) is 19.6 Å². The van der Waals surface area contributed by atoms with Crippen molar-refractivity contribution in [2.45, 2.75) is 39.0 Å². The number of alkyl halides is 1. The van der Waals surface area contributed by atoms with E-state index in [2.05, 4.69) is 12.1 Å². The van der Waals surface area contributed by atoms with Crippen molar-refractivity contribution in [3.8, 4) is 11.5 Å². The summed E-state index contributed by atoms with van der Waals surface area (Å²) in [5.74, 6) is 2.81. The fourth-order valence-electron chi connectivity index (χ4n) is 3.07. The monoisotopic (exact) mass is 308 g/mol. The quantitative estimate of drug-likeness (QED) is 0.664. The van der Waals surface area contributed by atoms with Crippen LogP contribution in [0.4, 0.5) is 0 Å². The maximum Gasteiger partial charge on any atom is 0.167 e. The molecule has 21 heavy (non-hydrogen) atoms. The lowest BCUT2D eigenvalue weighted by Crippen LogP contribution is -2.10. The van der Waals surface area contributed by atoms with E-state index in [1.807, 2.05) is 19.1 Å². The van der Waals surface area contributed by atoms with Crippen LogP contribution in [0.15, 0.2) is 23.8 Å². The standard InChI is InChI=1S/C18H25ClO2/c1-3-21-17-11-7-10-15(18(17)20-2)12-16(13-19)14-8-5-4-6-9-14/h7,10-12,14H,3-6,8-9,13H2,1-2H3/b16-12-. The van der Waals surface area contributed by atoms with Crippen LogP contribution in [0, 0.1) is 5.92 Å². The Morgan fingerprint density at radius 1 is 1.29 bits per heavy atom. The fourth-order valence-corrected chi connectivity index (χ4v) is 3.37. The highest BCUT2D eigenvalue weighted by Gasteiger charge is 2.18. The average molecular weight is 309 g/mol. The Kier molecular flexibility index (Phi) is 6.44. The van der Waals surface area contributed by atoms with Gasteiger partial charge in [0.25, 0.3) is 0 Å². The van der Waals surface area contributed by atoms with Crippen molar-refractivity contribution in [3.05, 3.63) is 29.3 Å². The van der Waals surface area contributed by atoms with Crippen LogP contribution in [-0.4, -0.2) is 19.6 Å². The number of allylic oxidation sites excluding steroid dienone is 1. The van der Waals surface area contributed by atoms with Gasteiger partial charge in [-0.2, -0.15) is 0 Å². The third-order valence-electron chi connectivity index (χ3n) is 4.14. The van der Waals surface area contributed by atoms with Gasteiger partial charge in [0.05, 0.1) is 13.7 Å². The minimum Gasteiger partial charge on any atom is -0.492 e. The van der Waals surface area contributed by atoms with Crippen LogP contribution in [0.2, 0.25) is 0 Å². The minimum absolute atomic E-state index is 0.590. The molecule has 1 fully saturated rings. The number of ether oxygens (including phenoxy) is 2. The Balaban J connectivity index is 2.30. The first kappa shape index (κ1) is 16.2. The smallest absolute Gasteiger partial charge is 0.167 e. The molecule has 1 aliphatic rings. The SMILES string of the molecule is CCOc1cccc(/C=C(/CCl)C2CCCCC2)c1OC. The summed E-state index contributed by atoms with van der Waals surface area (Å²) in [4.78, 5) is 0. The summed E-state index contributed by atoms with van der Waals surface area (Å²) in [5.41, 5.74) is 2.38. The second kappa shape index (κ2) is 8.33. The Bertz CT molecular complexity index is 476. The van der Waals surface area contributed by atoms with Crippen LogP contribution in [-0.2, 0) is 0 Å². The van der Waals surface area contributed by atoms with E-state index in [1.165, 1.54) is 37.7 Å². The highest BCUT2D eigenvalue weighted by Crippen LogP contribution is 2.36. The van der Waals surface area contributed by atoms with E-state index in [-0.39, 0.29) is 0 Å². The van der Waals surface area contributed by atoms with E-state index >= 15 is 0 Å². The van der Waals surface area contributed by atoms with E-state index in [0.717, 1.165) is 17.1 Å². The molecule has 2 rings (SSSR count). The number of hydrogen-bond acceptors (Lipinski definition) is 2. The van der Waals surface area contributed by atoms with E-state index in [9.17, 15) is 0 Å². The molecule has 1 aliphatic carbocycles. The van der Waals surface area contributed by atoms with Gasteiger partial charge in [-0.15, -0.1) is 11.6 Å². The molecule has 2 nitrogen and oxygen atoms in total. The molecule has 0 unspecified atom stereocenters. The molecule has 1 aromatic carbocycles. The van der Waals surface area contributed by atoms with Crippen LogP contribution >= 0.6 is 11.6 Å². The molecular weight excluding hydrogens is 284 g/mol. The molecule has 1 aromatic rings. The lowest BCUT2D eigenvalue weighted by Gasteiger charge is -2.24. The van der Waals surface area contributed by atoms with Gasteiger partial charge in [-0.05, 0) is 31.7 Å². The van der Waals surface area contributed by atoms with Crippen molar-refractivity contribution < 1.29 is 9.47 Å². The maximum atomic E-state index is 6.21. The summed E-state index contributed by atoms with van der Waals surface area (Å²) in [5, 5.41) is 0. The highest BCUT2D eigenvalue weighted by molar-refractivity contribution is 6.19. The molecule has 1 saturated carbocycles. The van der Waals surface area contributed by atoms with Gasteiger partial charge in [-0.1, -0.05) is 43.0 Å². The summed E-state index contributed by atoms with van der Waals surface area (Å²) in [6.07, 6.45) is 8.70. The predicted octanol–water partition coefficient (Wildman–Crippen LogP) is 5.30. The highest BCUT2D eigenvalue weighted by atomic mass is 35.5. The Morgan fingerprint density at radius 2 is 2.05 bits per heavy atom. The van der Waals surface area contributed by atoms with Crippen LogP contribution in [0.5, 0.6) is 11.5 Å². The number of hydrogen-bond donors (Lipinski definition) is 0. The zero-order valence-electron chi connectivity index (χ0n) is 13.0. The van der Waals surface area contributed by atoms with Crippen molar-refractivity contribution in [3.63, 3.8) is 0 Å². The molecule has 0 bridgehead atoms. The van der Waals surface area contributed by atoms with Crippen LogP contribution in [0.3, 0.4) is 0 Å². The largest absolute Gasteiger partial charge is 0.492 e. The molecule has 0 amide bonds. The second-order valence-corrected chi connectivity index (χ2v) is 5.77. The first-order valence-corrected chi connectivity index (χ1v) is 8.39. The Morgan fingerprint density at radius 3 is 2.67 bits per heavy atom. The number of methoxy groups -OCH3 is 1. The van der Waals surface area contributed by atoms with Crippen LogP contribution < -0.4 is 9.47 Å². The fraction of sp³-hybridized carbons (Fsp3) is 0.556. The van der Waals surface area contributed by atoms with Gasteiger partial charge in [0.15, 0.2) is 11.5 Å². The lowest BCUT2D eigenvalue weighted by molar-refractivity contribution is 0.310. The minimum atomic E-state index is 0.590. The molecule has 0 heterocycles. The molecule has 0 spiro atoms. The summed E-state index contributed by atoms with van der Waals surface area (Å²) in [6.45, 7) is 2.61. The van der Waals surface area contributed by atoms with E-state index < -0.39 is 0 Å². The van der Waals surface area contributed by atoms with E-state index in [0.29, 0.717) is 18.4 Å². The number of halogens is 1. The summed E-state index contributed by atoms with van der Waals surface area (Å²) < 4.78 is 11.2.